The SMILES string of the molecule is CC(CC1CCC1)=C(C#N)C#N. The van der Waals surface area contributed by atoms with Gasteiger partial charge in [0.1, 0.15) is 17.7 Å². The number of nitrogens with zero attached hydrogens (tertiary/aromatic N) is 2. The van der Waals surface area contributed by atoms with Crippen LogP contribution in [0, 0.1) is 28.6 Å². The fraction of sp³-hybridized carbons (Fsp3) is 0.600. The Hall–Kier alpha value is -1.28. The molecule has 0 saturated heterocycles. The van der Waals surface area contributed by atoms with E-state index in [0.29, 0.717) is 5.57 Å². The van der Waals surface area contributed by atoms with Crippen molar-refractivity contribution in [2.24, 2.45) is 5.92 Å². The molecule has 0 aromatic rings. The minimum Gasteiger partial charge on any atom is -0.192 e. The Bertz CT molecular complexity index is 255. The highest BCUT2D eigenvalue weighted by Crippen LogP contribution is 2.32. The predicted octanol–water partition coefficient (Wildman–Crippen LogP) is 2.54. The van der Waals surface area contributed by atoms with Crippen LogP contribution in [-0.2, 0) is 0 Å². The molecule has 1 fully saturated rings. The number of allylic oxidation sites excluding steroid dienone is 2. The zero-order chi connectivity index (χ0) is 8.97. The Labute approximate surface area is 73.1 Å². The average Bonchev–Trinajstić information content (AvgIpc) is 1.99. The molecule has 0 radical (unpaired) electrons. The molecule has 1 rings (SSSR count). The molecule has 2 nitrogen and oxygen atoms in total. The van der Waals surface area contributed by atoms with Gasteiger partial charge in [-0.15, -0.1) is 0 Å². The lowest BCUT2D eigenvalue weighted by Gasteiger charge is -2.25. The van der Waals surface area contributed by atoms with Gasteiger partial charge in [0.05, 0.1) is 0 Å². The lowest BCUT2D eigenvalue weighted by molar-refractivity contribution is 0.313. The van der Waals surface area contributed by atoms with E-state index in [2.05, 4.69) is 0 Å². The van der Waals surface area contributed by atoms with Crippen molar-refractivity contribution in [1.29, 1.82) is 10.5 Å². The van der Waals surface area contributed by atoms with Gasteiger partial charge in [-0.2, -0.15) is 10.5 Å². The van der Waals surface area contributed by atoms with Crippen LogP contribution in [0.3, 0.4) is 0 Å². The summed E-state index contributed by atoms with van der Waals surface area (Å²) >= 11 is 0. The smallest absolute Gasteiger partial charge is 0.128 e. The predicted molar refractivity (Wildman–Crippen MR) is 45.9 cm³/mol. The highest BCUT2D eigenvalue weighted by atomic mass is 14.3. The molecule has 1 aliphatic carbocycles. The summed E-state index contributed by atoms with van der Waals surface area (Å²) in [6.07, 6.45) is 4.78. The van der Waals surface area contributed by atoms with E-state index in [1.54, 1.807) is 0 Å². The lowest BCUT2D eigenvalue weighted by Crippen LogP contribution is -2.11. The molecule has 12 heavy (non-hydrogen) atoms. The summed E-state index contributed by atoms with van der Waals surface area (Å²) in [6, 6.07) is 3.85. The molecule has 0 amide bonds. The van der Waals surface area contributed by atoms with Gasteiger partial charge in [-0.05, 0) is 24.8 Å². The monoisotopic (exact) mass is 160 g/mol. The van der Waals surface area contributed by atoms with E-state index in [9.17, 15) is 0 Å². The van der Waals surface area contributed by atoms with E-state index < -0.39 is 0 Å². The number of rotatable bonds is 2. The number of hydrogen-bond donors (Lipinski definition) is 0. The van der Waals surface area contributed by atoms with Gasteiger partial charge < -0.3 is 0 Å². The van der Waals surface area contributed by atoms with Gasteiger partial charge in [0.2, 0.25) is 0 Å². The Kier molecular flexibility index (Phi) is 2.88. The maximum absolute atomic E-state index is 8.57. The molecular formula is C10H12N2. The third-order valence-electron chi connectivity index (χ3n) is 2.47. The fourth-order valence-corrected chi connectivity index (χ4v) is 1.45. The molecule has 1 aliphatic rings. The molecule has 0 heterocycles. The van der Waals surface area contributed by atoms with Crippen LogP contribution in [0.5, 0.6) is 0 Å². The van der Waals surface area contributed by atoms with Crippen LogP contribution in [0.15, 0.2) is 11.1 Å². The van der Waals surface area contributed by atoms with Crippen LogP contribution in [0.1, 0.15) is 32.6 Å². The zero-order valence-electron chi connectivity index (χ0n) is 7.30. The standard InChI is InChI=1S/C10H12N2/c1-8(10(6-11)7-12)5-9-3-2-4-9/h9H,2-5H2,1H3. The minimum atomic E-state index is 0.307. The topological polar surface area (TPSA) is 47.6 Å². The van der Waals surface area contributed by atoms with Crippen LogP contribution in [0.4, 0.5) is 0 Å². The maximum atomic E-state index is 8.57. The molecule has 0 N–H and O–H groups in total. The van der Waals surface area contributed by atoms with Crippen molar-refractivity contribution >= 4 is 0 Å². The van der Waals surface area contributed by atoms with Gasteiger partial charge in [-0.1, -0.05) is 19.3 Å². The highest BCUT2D eigenvalue weighted by molar-refractivity contribution is 5.39. The summed E-state index contributed by atoms with van der Waals surface area (Å²) in [6.45, 7) is 1.89. The molecule has 0 unspecified atom stereocenters. The van der Waals surface area contributed by atoms with E-state index in [1.165, 1.54) is 19.3 Å². The first-order chi connectivity index (χ1) is 5.77. The first kappa shape index (κ1) is 8.81. The van der Waals surface area contributed by atoms with Crippen molar-refractivity contribution < 1.29 is 0 Å². The summed E-state index contributed by atoms with van der Waals surface area (Å²) in [5.41, 5.74) is 1.27. The molecule has 0 spiro atoms. The van der Waals surface area contributed by atoms with E-state index in [0.717, 1.165) is 17.9 Å². The van der Waals surface area contributed by atoms with Crippen molar-refractivity contribution in [3.8, 4) is 12.1 Å². The summed E-state index contributed by atoms with van der Waals surface area (Å²) in [7, 11) is 0. The van der Waals surface area contributed by atoms with Gasteiger partial charge >= 0.3 is 0 Å². The number of nitriles is 2. The molecule has 1 saturated carbocycles. The highest BCUT2D eigenvalue weighted by Gasteiger charge is 2.18. The van der Waals surface area contributed by atoms with E-state index >= 15 is 0 Å². The Morgan fingerprint density at radius 3 is 2.25 bits per heavy atom. The second kappa shape index (κ2) is 3.93. The second-order valence-electron chi connectivity index (χ2n) is 3.38. The summed E-state index contributed by atoms with van der Waals surface area (Å²) in [5.74, 6) is 0.738. The van der Waals surface area contributed by atoms with Gasteiger partial charge in [0, 0.05) is 0 Å². The van der Waals surface area contributed by atoms with Gasteiger partial charge in [0.25, 0.3) is 0 Å². The van der Waals surface area contributed by atoms with Gasteiger partial charge in [0.15, 0.2) is 0 Å². The molecule has 0 aromatic carbocycles. The normalized spacial score (nSPS) is 15.6. The summed E-state index contributed by atoms with van der Waals surface area (Å²) in [5, 5.41) is 17.1. The first-order valence-corrected chi connectivity index (χ1v) is 4.28. The van der Waals surface area contributed by atoms with Crippen LogP contribution in [0.2, 0.25) is 0 Å². The molecule has 0 atom stereocenters. The third-order valence-corrected chi connectivity index (χ3v) is 2.47. The van der Waals surface area contributed by atoms with E-state index in [-0.39, 0.29) is 0 Å². The fourth-order valence-electron chi connectivity index (χ4n) is 1.45. The summed E-state index contributed by atoms with van der Waals surface area (Å²) < 4.78 is 0. The second-order valence-corrected chi connectivity index (χ2v) is 3.38. The summed E-state index contributed by atoms with van der Waals surface area (Å²) in [4.78, 5) is 0. The van der Waals surface area contributed by atoms with Gasteiger partial charge in [-0.25, -0.2) is 0 Å². The lowest BCUT2D eigenvalue weighted by atomic mass is 9.80. The average molecular weight is 160 g/mol. The Morgan fingerprint density at radius 1 is 1.33 bits per heavy atom. The van der Waals surface area contributed by atoms with Crippen LogP contribution < -0.4 is 0 Å². The number of hydrogen-bond acceptors (Lipinski definition) is 2. The largest absolute Gasteiger partial charge is 0.192 e. The van der Waals surface area contributed by atoms with E-state index in [1.807, 2.05) is 19.1 Å². The zero-order valence-corrected chi connectivity index (χ0v) is 7.30. The van der Waals surface area contributed by atoms with Crippen LogP contribution in [-0.4, -0.2) is 0 Å². The molecule has 0 bridgehead atoms. The van der Waals surface area contributed by atoms with E-state index in [4.69, 9.17) is 10.5 Å². The maximum Gasteiger partial charge on any atom is 0.128 e. The van der Waals surface area contributed by atoms with Crippen molar-refractivity contribution in [3.63, 3.8) is 0 Å². The van der Waals surface area contributed by atoms with Gasteiger partial charge in [-0.3, -0.25) is 0 Å². The first-order valence-electron chi connectivity index (χ1n) is 4.28. The van der Waals surface area contributed by atoms with Crippen LogP contribution >= 0.6 is 0 Å². The Balaban J connectivity index is 2.56. The quantitative estimate of drug-likeness (QED) is 0.583. The minimum absolute atomic E-state index is 0.307. The Morgan fingerprint density at radius 2 is 1.92 bits per heavy atom. The van der Waals surface area contributed by atoms with Crippen molar-refractivity contribution in [3.05, 3.63) is 11.1 Å². The molecule has 2 heteroatoms. The third kappa shape index (κ3) is 1.86. The molecular weight excluding hydrogens is 148 g/mol. The van der Waals surface area contributed by atoms with Crippen molar-refractivity contribution in [2.45, 2.75) is 32.6 Å². The van der Waals surface area contributed by atoms with Crippen molar-refractivity contribution in [1.82, 2.24) is 0 Å². The molecule has 62 valence electrons. The van der Waals surface area contributed by atoms with Crippen LogP contribution in [0.25, 0.3) is 0 Å². The van der Waals surface area contributed by atoms with Crippen molar-refractivity contribution in [2.75, 3.05) is 0 Å². The molecule has 0 aromatic heterocycles. The molecule has 0 aliphatic heterocycles.